The van der Waals surface area contributed by atoms with Gasteiger partial charge in [-0.15, -0.1) is 0 Å². The molecule has 2 aromatic carbocycles. The maximum Gasteiger partial charge on any atom is 0.212 e. The van der Waals surface area contributed by atoms with Gasteiger partial charge in [-0.3, -0.25) is 0 Å². The summed E-state index contributed by atoms with van der Waals surface area (Å²) in [6.07, 6.45) is 0.644. The molecule has 0 radical (unpaired) electrons. The van der Waals surface area contributed by atoms with E-state index in [4.69, 9.17) is 23.2 Å². The van der Waals surface area contributed by atoms with Crippen molar-refractivity contribution < 1.29 is 8.42 Å². The van der Waals surface area contributed by atoms with Gasteiger partial charge in [-0.25, -0.2) is 13.4 Å². The van der Waals surface area contributed by atoms with Crippen LogP contribution in [-0.4, -0.2) is 22.6 Å². The molecule has 0 aliphatic rings. The first-order valence-corrected chi connectivity index (χ1v) is 8.93. The van der Waals surface area contributed by atoms with Gasteiger partial charge in [0.25, 0.3) is 0 Å². The second-order valence-electron chi connectivity index (χ2n) is 4.83. The van der Waals surface area contributed by atoms with Gasteiger partial charge in [0.2, 0.25) is 14.0 Å². The fourth-order valence-corrected chi connectivity index (χ4v) is 3.56. The number of rotatable bonds is 4. The molecule has 0 aliphatic carbocycles. The third kappa shape index (κ3) is 2.97. The Bertz CT molecular complexity index is 906. The summed E-state index contributed by atoms with van der Waals surface area (Å²) >= 11 is 11.0. The fourth-order valence-electron chi connectivity index (χ4n) is 2.19. The Hall–Kier alpha value is -1.56. The van der Waals surface area contributed by atoms with Crippen LogP contribution in [-0.2, 0) is 16.3 Å². The Morgan fingerprint density at radius 3 is 2.50 bits per heavy atom. The van der Waals surface area contributed by atoms with E-state index in [1.807, 2.05) is 30.3 Å². The topological polar surface area (TPSA) is 62.8 Å². The number of hydrogen-bond donors (Lipinski definition) is 1. The molecule has 22 heavy (non-hydrogen) atoms. The van der Waals surface area contributed by atoms with E-state index in [2.05, 4.69) is 9.97 Å². The molecule has 114 valence electrons. The third-order valence-electron chi connectivity index (χ3n) is 3.28. The summed E-state index contributed by atoms with van der Waals surface area (Å²) in [6.45, 7) is 0. The first-order valence-electron chi connectivity index (χ1n) is 6.51. The monoisotopic (exact) mass is 354 g/mol. The Labute approximate surface area is 138 Å². The maximum atomic E-state index is 12.0. The van der Waals surface area contributed by atoms with Gasteiger partial charge < -0.3 is 4.98 Å². The number of imidazole rings is 1. The van der Waals surface area contributed by atoms with Crippen molar-refractivity contribution in [3.05, 3.63) is 59.9 Å². The molecule has 0 saturated carbocycles. The van der Waals surface area contributed by atoms with Gasteiger partial charge in [-0.05, 0) is 23.8 Å². The van der Waals surface area contributed by atoms with Gasteiger partial charge in [-0.2, -0.15) is 0 Å². The summed E-state index contributed by atoms with van der Waals surface area (Å²) < 4.78 is 22.5. The first-order chi connectivity index (χ1) is 10.5. The number of benzene rings is 2. The van der Waals surface area contributed by atoms with E-state index in [-0.39, 0.29) is 4.90 Å². The Balaban J connectivity index is 1.97. The summed E-state index contributed by atoms with van der Waals surface area (Å²) in [5.41, 5.74) is 2.46. The zero-order chi connectivity index (χ0) is 15.7. The largest absolute Gasteiger partial charge is 0.342 e. The zero-order valence-corrected chi connectivity index (χ0v) is 13.7. The van der Waals surface area contributed by atoms with Crippen LogP contribution in [0, 0.1) is 0 Å². The molecule has 0 amide bonds. The number of nitrogens with one attached hydrogen (secondary N) is 1. The molecule has 1 aromatic heterocycles. The lowest BCUT2D eigenvalue weighted by atomic mass is 10.1. The van der Waals surface area contributed by atoms with E-state index in [9.17, 15) is 8.42 Å². The van der Waals surface area contributed by atoms with Crippen molar-refractivity contribution in [3.63, 3.8) is 0 Å². The van der Waals surface area contributed by atoms with Crippen molar-refractivity contribution in [2.24, 2.45) is 0 Å². The maximum absolute atomic E-state index is 12.0. The van der Waals surface area contributed by atoms with Crippen molar-refractivity contribution in [1.82, 2.24) is 9.97 Å². The summed E-state index contributed by atoms with van der Waals surface area (Å²) in [6, 6.07) is 14.5. The van der Waals surface area contributed by atoms with E-state index in [1.165, 1.54) is 12.1 Å². The molecular weight excluding hydrogens is 343 g/mol. The number of sulfone groups is 1. The van der Waals surface area contributed by atoms with Crippen molar-refractivity contribution in [3.8, 4) is 0 Å². The minimum Gasteiger partial charge on any atom is -0.342 e. The molecule has 3 aromatic rings. The second-order valence-corrected chi connectivity index (χ2v) is 8.48. The molecule has 7 heteroatoms. The molecule has 4 nitrogen and oxygen atoms in total. The van der Waals surface area contributed by atoms with E-state index >= 15 is 0 Å². The highest BCUT2D eigenvalue weighted by molar-refractivity contribution is 7.94. The van der Waals surface area contributed by atoms with Crippen molar-refractivity contribution >= 4 is 44.1 Å². The smallest absolute Gasteiger partial charge is 0.212 e. The van der Waals surface area contributed by atoms with Crippen LogP contribution in [0.15, 0.2) is 53.4 Å². The quantitative estimate of drug-likeness (QED) is 0.726. The minimum absolute atomic E-state index is 0.0740. The summed E-state index contributed by atoms with van der Waals surface area (Å²) in [5, 5.41) is 0. The third-order valence-corrected chi connectivity index (χ3v) is 6.07. The summed E-state index contributed by atoms with van der Waals surface area (Å²) in [7, 11) is -3.73. The van der Waals surface area contributed by atoms with Gasteiger partial charge in [-0.1, -0.05) is 53.5 Å². The van der Waals surface area contributed by atoms with Gasteiger partial charge in [0.05, 0.1) is 15.9 Å². The highest BCUT2D eigenvalue weighted by Gasteiger charge is 2.23. The SMILES string of the molecule is O=S(=O)(c1ccc2nc(Cc3ccccc3)[nH]c2c1)C(Cl)Cl. The number of fused-ring (bicyclic) bond motifs is 1. The Morgan fingerprint density at radius 2 is 1.82 bits per heavy atom. The molecule has 0 aliphatic heterocycles. The number of aromatic nitrogens is 2. The van der Waals surface area contributed by atoms with E-state index in [1.54, 1.807) is 6.07 Å². The number of nitrogens with zero attached hydrogens (tertiary/aromatic N) is 1. The number of aromatic amines is 1. The van der Waals surface area contributed by atoms with Crippen LogP contribution in [0.3, 0.4) is 0 Å². The van der Waals surface area contributed by atoms with Crippen LogP contribution in [0.5, 0.6) is 0 Å². The predicted octanol–water partition coefficient (Wildman–Crippen LogP) is 3.69. The standard InChI is InChI=1S/C15H12Cl2N2O2S/c16-15(17)22(20,21)11-6-7-12-13(9-11)19-14(18-12)8-10-4-2-1-3-5-10/h1-7,9,15H,8H2,(H,18,19). The predicted molar refractivity (Wildman–Crippen MR) is 88.0 cm³/mol. The van der Waals surface area contributed by atoms with Gasteiger partial charge in [0.15, 0.2) is 0 Å². The lowest BCUT2D eigenvalue weighted by Crippen LogP contribution is -2.09. The second kappa shape index (κ2) is 5.91. The van der Waals surface area contributed by atoms with Crippen LogP contribution in [0.25, 0.3) is 11.0 Å². The Morgan fingerprint density at radius 1 is 1.09 bits per heavy atom. The molecule has 0 atom stereocenters. The highest BCUT2D eigenvalue weighted by atomic mass is 35.5. The summed E-state index contributed by atoms with van der Waals surface area (Å²) in [4.78, 5) is 7.67. The minimum atomic E-state index is -3.73. The van der Waals surface area contributed by atoms with E-state index < -0.39 is 14.0 Å². The Kier molecular flexibility index (Phi) is 4.12. The van der Waals surface area contributed by atoms with Gasteiger partial charge in [0, 0.05) is 6.42 Å². The average molecular weight is 355 g/mol. The lowest BCUT2D eigenvalue weighted by Gasteiger charge is -2.03. The van der Waals surface area contributed by atoms with Crippen molar-refractivity contribution in [2.45, 2.75) is 15.5 Å². The number of halogens is 2. The first kappa shape index (κ1) is 15.3. The number of hydrogen-bond acceptors (Lipinski definition) is 3. The number of H-pyrrole nitrogens is 1. The van der Waals surface area contributed by atoms with E-state index in [0.29, 0.717) is 17.5 Å². The molecular formula is C15H12Cl2N2O2S. The van der Waals surface area contributed by atoms with Gasteiger partial charge >= 0.3 is 0 Å². The molecule has 0 saturated heterocycles. The van der Waals surface area contributed by atoms with Crippen LogP contribution in [0.2, 0.25) is 0 Å². The zero-order valence-electron chi connectivity index (χ0n) is 11.3. The molecule has 0 fully saturated rings. The molecule has 0 unspecified atom stereocenters. The molecule has 1 heterocycles. The van der Waals surface area contributed by atoms with Crippen molar-refractivity contribution in [2.75, 3.05) is 0 Å². The van der Waals surface area contributed by atoms with Crippen LogP contribution < -0.4 is 0 Å². The molecule has 0 bridgehead atoms. The molecule has 3 rings (SSSR count). The fraction of sp³-hybridized carbons (Fsp3) is 0.133. The normalized spacial score (nSPS) is 12.1. The van der Waals surface area contributed by atoms with Crippen molar-refractivity contribution in [1.29, 1.82) is 0 Å². The lowest BCUT2D eigenvalue weighted by molar-refractivity contribution is 0.598. The van der Waals surface area contributed by atoms with Crippen LogP contribution in [0.1, 0.15) is 11.4 Å². The van der Waals surface area contributed by atoms with Gasteiger partial charge in [0.1, 0.15) is 5.82 Å². The van der Waals surface area contributed by atoms with Crippen LogP contribution in [0.4, 0.5) is 0 Å². The highest BCUT2D eigenvalue weighted by Crippen LogP contribution is 2.25. The summed E-state index contributed by atoms with van der Waals surface area (Å²) in [5.74, 6) is 0.768. The average Bonchev–Trinajstić information content (AvgIpc) is 2.89. The van der Waals surface area contributed by atoms with Crippen LogP contribution >= 0.6 is 23.2 Å². The van der Waals surface area contributed by atoms with E-state index in [0.717, 1.165) is 11.4 Å². The molecule has 0 spiro atoms. The number of alkyl halides is 2. The molecule has 1 N–H and O–H groups in total.